The molecule has 2 N–H and O–H groups in total. The van der Waals surface area contributed by atoms with E-state index in [-0.39, 0.29) is 6.04 Å². The smallest absolute Gasteiger partial charge is 0.328 e. The van der Waals surface area contributed by atoms with Crippen molar-refractivity contribution >= 4 is 29.2 Å². The molecule has 5 heteroatoms. The maximum absolute atomic E-state index is 11.7. The molecule has 0 aromatic heterocycles. The fraction of sp³-hybridized carbons (Fsp3) is 0.500. The van der Waals surface area contributed by atoms with Crippen LogP contribution in [0.3, 0.4) is 0 Å². The minimum atomic E-state index is -1.21. The average molecular weight is 302 g/mol. The second kappa shape index (κ2) is 5.70. The van der Waals surface area contributed by atoms with Crippen molar-refractivity contribution in [2.75, 3.05) is 0 Å². The Labute approximate surface area is 122 Å². The Hall–Kier alpha value is -0.770. The first-order valence-corrected chi connectivity index (χ1v) is 7.16. The summed E-state index contributed by atoms with van der Waals surface area (Å²) < 4.78 is 0. The van der Waals surface area contributed by atoms with E-state index in [2.05, 4.69) is 5.32 Å². The van der Waals surface area contributed by atoms with Gasteiger partial charge in [0.15, 0.2) is 0 Å². The van der Waals surface area contributed by atoms with Crippen molar-refractivity contribution in [1.82, 2.24) is 5.32 Å². The maximum atomic E-state index is 11.7. The monoisotopic (exact) mass is 301 g/mol. The lowest BCUT2D eigenvalue weighted by Gasteiger charge is -2.31. The lowest BCUT2D eigenvalue weighted by atomic mass is 9.90. The summed E-state index contributed by atoms with van der Waals surface area (Å²) in [5.41, 5.74) is -0.696. The molecule has 2 rings (SSSR count). The van der Waals surface area contributed by atoms with E-state index in [9.17, 15) is 9.90 Å². The van der Waals surface area contributed by atoms with E-state index in [1.165, 1.54) is 0 Å². The van der Waals surface area contributed by atoms with E-state index >= 15 is 0 Å². The van der Waals surface area contributed by atoms with Crippen LogP contribution in [0.15, 0.2) is 18.2 Å². The first-order chi connectivity index (χ1) is 8.95. The van der Waals surface area contributed by atoms with Gasteiger partial charge in [-0.25, -0.2) is 4.79 Å². The molecule has 1 fully saturated rings. The van der Waals surface area contributed by atoms with Crippen LogP contribution in [0.2, 0.25) is 10.0 Å². The fourth-order valence-corrected chi connectivity index (χ4v) is 3.11. The second-order valence-electron chi connectivity index (χ2n) is 5.16. The molecule has 0 heterocycles. The van der Waals surface area contributed by atoms with E-state index in [1.54, 1.807) is 25.1 Å². The third-order valence-electron chi connectivity index (χ3n) is 3.77. The molecular formula is C14H17Cl2NO2. The van der Waals surface area contributed by atoms with Crippen molar-refractivity contribution in [1.29, 1.82) is 0 Å². The minimum Gasteiger partial charge on any atom is -0.480 e. The van der Waals surface area contributed by atoms with Gasteiger partial charge in [-0.1, -0.05) is 48.2 Å². The molecule has 0 amide bonds. The zero-order chi connectivity index (χ0) is 14.0. The van der Waals surface area contributed by atoms with E-state index in [0.717, 1.165) is 25.7 Å². The highest BCUT2D eigenvalue weighted by molar-refractivity contribution is 6.42. The Kier molecular flexibility index (Phi) is 4.39. The van der Waals surface area contributed by atoms with Gasteiger partial charge in [0.05, 0.1) is 10.0 Å². The molecule has 1 aromatic carbocycles. The fourth-order valence-electron chi connectivity index (χ4n) is 2.62. The highest BCUT2D eigenvalue weighted by atomic mass is 35.5. The first-order valence-electron chi connectivity index (χ1n) is 6.40. The molecule has 1 atom stereocenters. The summed E-state index contributed by atoms with van der Waals surface area (Å²) in [5, 5.41) is 13.5. The molecule has 1 aliphatic rings. The topological polar surface area (TPSA) is 49.3 Å². The van der Waals surface area contributed by atoms with Gasteiger partial charge in [0.2, 0.25) is 0 Å². The van der Waals surface area contributed by atoms with Crippen LogP contribution in [0.1, 0.15) is 38.2 Å². The van der Waals surface area contributed by atoms with Gasteiger partial charge >= 0.3 is 5.97 Å². The Bertz CT molecular complexity index is 486. The molecule has 1 unspecified atom stereocenters. The van der Waals surface area contributed by atoms with Crippen molar-refractivity contribution in [3.63, 3.8) is 0 Å². The zero-order valence-electron chi connectivity index (χ0n) is 10.7. The van der Waals surface area contributed by atoms with E-state index in [1.807, 2.05) is 0 Å². The largest absolute Gasteiger partial charge is 0.480 e. The maximum Gasteiger partial charge on any atom is 0.328 e. The van der Waals surface area contributed by atoms with Crippen molar-refractivity contribution in [3.8, 4) is 0 Å². The number of carboxylic acids is 1. The van der Waals surface area contributed by atoms with Gasteiger partial charge in [-0.3, -0.25) is 5.32 Å². The number of carbonyl (C=O) groups is 1. The molecule has 0 spiro atoms. The predicted molar refractivity (Wildman–Crippen MR) is 76.8 cm³/mol. The highest BCUT2D eigenvalue weighted by Gasteiger charge is 2.39. The standard InChI is InChI=1S/C14H17Cl2NO2/c1-14(13(18)19,17-9-5-2-3-6-9)10-7-4-8-11(15)12(10)16/h4,7-9,17H,2-3,5-6H2,1H3,(H,18,19). The van der Waals surface area contributed by atoms with Crippen LogP contribution in [-0.4, -0.2) is 17.1 Å². The molecule has 0 radical (unpaired) electrons. The van der Waals surface area contributed by atoms with Gasteiger partial charge in [0.25, 0.3) is 0 Å². The highest BCUT2D eigenvalue weighted by Crippen LogP contribution is 2.35. The van der Waals surface area contributed by atoms with Gasteiger partial charge in [0, 0.05) is 11.6 Å². The van der Waals surface area contributed by atoms with Crippen LogP contribution in [0.25, 0.3) is 0 Å². The summed E-state index contributed by atoms with van der Waals surface area (Å²) in [6, 6.07) is 5.31. The summed E-state index contributed by atoms with van der Waals surface area (Å²) in [4.78, 5) is 11.7. The third kappa shape index (κ3) is 2.88. The number of rotatable bonds is 4. The lowest BCUT2D eigenvalue weighted by molar-refractivity contribution is -0.145. The molecule has 19 heavy (non-hydrogen) atoms. The minimum absolute atomic E-state index is 0.219. The van der Waals surface area contributed by atoms with Gasteiger partial charge in [-0.05, 0) is 25.8 Å². The van der Waals surface area contributed by atoms with Crippen LogP contribution >= 0.6 is 23.2 Å². The van der Waals surface area contributed by atoms with Crippen molar-refractivity contribution in [2.45, 2.75) is 44.2 Å². The molecule has 0 aliphatic heterocycles. The van der Waals surface area contributed by atoms with E-state index in [4.69, 9.17) is 23.2 Å². The van der Waals surface area contributed by atoms with Crippen molar-refractivity contribution in [3.05, 3.63) is 33.8 Å². The Balaban J connectivity index is 2.37. The second-order valence-corrected chi connectivity index (χ2v) is 5.94. The summed E-state index contributed by atoms with van der Waals surface area (Å²) in [7, 11) is 0. The molecule has 3 nitrogen and oxygen atoms in total. The van der Waals surface area contributed by atoms with Crippen molar-refractivity contribution in [2.24, 2.45) is 0 Å². The Morgan fingerprint density at radius 2 is 2.00 bits per heavy atom. The molecule has 1 saturated carbocycles. The summed E-state index contributed by atoms with van der Waals surface area (Å²) in [6.45, 7) is 1.64. The van der Waals surface area contributed by atoms with Crippen LogP contribution in [0.4, 0.5) is 0 Å². The van der Waals surface area contributed by atoms with E-state index < -0.39 is 11.5 Å². The number of aliphatic carboxylic acids is 1. The summed E-state index contributed by atoms with van der Waals surface area (Å²) >= 11 is 12.2. The molecule has 1 aromatic rings. The van der Waals surface area contributed by atoms with Gasteiger partial charge in [-0.2, -0.15) is 0 Å². The number of carboxylic acid groups (broad SMARTS) is 1. The Morgan fingerprint density at radius 1 is 1.37 bits per heavy atom. The predicted octanol–water partition coefficient (Wildman–Crippen LogP) is 3.83. The van der Waals surface area contributed by atoms with Gasteiger partial charge in [-0.15, -0.1) is 0 Å². The van der Waals surface area contributed by atoms with Crippen LogP contribution < -0.4 is 5.32 Å². The SMILES string of the molecule is CC(NC1CCCC1)(C(=O)O)c1cccc(Cl)c1Cl. The van der Waals surface area contributed by atoms with Crippen LogP contribution in [0, 0.1) is 0 Å². The Morgan fingerprint density at radius 3 is 2.58 bits per heavy atom. The molecular weight excluding hydrogens is 285 g/mol. The zero-order valence-corrected chi connectivity index (χ0v) is 12.3. The molecule has 1 aliphatic carbocycles. The molecule has 0 saturated heterocycles. The normalized spacial score (nSPS) is 19.3. The number of hydrogen-bond acceptors (Lipinski definition) is 2. The van der Waals surface area contributed by atoms with Gasteiger partial charge < -0.3 is 5.11 Å². The molecule has 104 valence electrons. The number of halogens is 2. The van der Waals surface area contributed by atoms with Crippen molar-refractivity contribution < 1.29 is 9.90 Å². The van der Waals surface area contributed by atoms with Crippen LogP contribution in [0.5, 0.6) is 0 Å². The first kappa shape index (κ1) is 14.6. The number of nitrogens with one attached hydrogen (secondary N) is 1. The number of benzene rings is 1. The lowest BCUT2D eigenvalue weighted by Crippen LogP contribution is -2.50. The van der Waals surface area contributed by atoms with Gasteiger partial charge in [0.1, 0.15) is 5.54 Å². The third-order valence-corrected chi connectivity index (χ3v) is 4.58. The van der Waals surface area contributed by atoms with Crippen LogP contribution in [-0.2, 0) is 10.3 Å². The van der Waals surface area contributed by atoms with E-state index in [0.29, 0.717) is 15.6 Å². The summed E-state index contributed by atoms with van der Waals surface area (Å²) in [5.74, 6) is -0.941. The quantitative estimate of drug-likeness (QED) is 0.889. The number of hydrogen-bond donors (Lipinski definition) is 2. The summed E-state index contributed by atoms with van der Waals surface area (Å²) in [6.07, 6.45) is 4.27. The average Bonchev–Trinajstić information content (AvgIpc) is 2.85. The molecule has 0 bridgehead atoms.